The molecule has 1 saturated heterocycles. The SMILES string of the molecule is Cc1cn[nH]c1[C@H]1CCCCN1C(=O)CCc1cccnc1. The molecular formula is C17H22N4O. The van der Waals surface area contributed by atoms with Crippen LogP contribution >= 0.6 is 0 Å². The van der Waals surface area contributed by atoms with Crippen LogP contribution in [-0.2, 0) is 11.2 Å². The van der Waals surface area contributed by atoms with E-state index in [1.165, 1.54) is 0 Å². The predicted molar refractivity (Wildman–Crippen MR) is 84.2 cm³/mol. The van der Waals surface area contributed by atoms with E-state index in [-0.39, 0.29) is 11.9 Å². The molecule has 0 aromatic carbocycles. The molecule has 1 atom stereocenters. The topological polar surface area (TPSA) is 61.9 Å². The van der Waals surface area contributed by atoms with Crippen molar-refractivity contribution in [1.29, 1.82) is 0 Å². The molecule has 0 aliphatic carbocycles. The van der Waals surface area contributed by atoms with Gasteiger partial charge in [0.25, 0.3) is 0 Å². The smallest absolute Gasteiger partial charge is 0.223 e. The second-order valence-electron chi connectivity index (χ2n) is 5.93. The first-order valence-corrected chi connectivity index (χ1v) is 7.94. The van der Waals surface area contributed by atoms with Crippen molar-refractivity contribution in [3.05, 3.63) is 47.5 Å². The molecule has 0 radical (unpaired) electrons. The number of carbonyl (C=O) groups is 1. The number of rotatable bonds is 4. The molecule has 1 fully saturated rings. The van der Waals surface area contributed by atoms with Gasteiger partial charge in [0.1, 0.15) is 0 Å². The molecule has 5 heteroatoms. The summed E-state index contributed by atoms with van der Waals surface area (Å²) in [5.74, 6) is 0.225. The van der Waals surface area contributed by atoms with Crippen LogP contribution in [0.5, 0.6) is 0 Å². The van der Waals surface area contributed by atoms with Gasteiger partial charge in [-0.15, -0.1) is 0 Å². The Hall–Kier alpha value is -2.17. The lowest BCUT2D eigenvalue weighted by molar-refractivity contribution is -0.135. The van der Waals surface area contributed by atoms with E-state index in [0.717, 1.165) is 49.0 Å². The van der Waals surface area contributed by atoms with E-state index in [9.17, 15) is 4.79 Å². The Kier molecular flexibility index (Phi) is 4.51. The first-order valence-electron chi connectivity index (χ1n) is 7.94. The molecule has 5 nitrogen and oxygen atoms in total. The zero-order valence-corrected chi connectivity index (χ0v) is 13.0. The highest BCUT2D eigenvalue weighted by atomic mass is 16.2. The lowest BCUT2D eigenvalue weighted by Gasteiger charge is -2.35. The average molecular weight is 298 g/mol. The van der Waals surface area contributed by atoms with Crippen LogP contribution in [0.3, 0.4) is 0 Å². The number of nitrogens with zero attached hydrogens (tertiary/aromatic N) is 3. The number of H-pyrrole nitrogens is 1. The van der Waals surface area contributed by atoms with Crippen LogP contribution < -0.4 is 0 Å². The van der Waals surface area contributed by atoms with Crippen LogP contribution in [0.1, 0.15) is 48.5 Å². The van der Waals surface area contributed by atoms with Gasteiger partial charge in [-0.25, -0.2) is 0 Å². The summed E-state index contributed by atoms with van der Waals surface area (Å²) in [6.45, 7) is 2.89. The minimum atomic E-state index is 0.151. The molecule has 0 unspecified atom stereocenters. The molecule has 0 saturated carbocycles. The molecule has 1 aliphatic heterocycles. The Morgan fingerprint density at radius 2 is 2.32 bits per heavy atom. The first-order chi connectivity index (χ1) is 10.8. The number of pyridine rings is 1. The number of hydrogen-bond acceptors (Lipinski definition) is 3. The second-order valence-corrected chi connectivity index (χ2v) is 5.93. The van der Waals surface area contributed by atoms with Crippen molar-refractivity contribution in [2.75, 3.05) is 6.54 Å². The number of carbonyl (C=O) groups excluding carboxylic acids is 1. The van der Waals surface area contributed by atoms with E-state index in [1.54, 1.807) is 6.20 Å². The van der Waals surface area contributed by atoms with Gasteiger partial charge < -0.3 is 4.90 Å². The molecule has 2 aromatic rings. The Morgan fingerprint density at radius 3 is 3.05 bits per heavy atom. The standard InChI is InChI=1S/C17H22N4O/c1-13-11-19-20-17(13)15-6-2-3-10-21(15)16(22)8-7-14-5-4-9-18-12-14/h4-5,9,11-12,15H,2-3,6-8,10H2,1H3,(H,19,20)/t15-/m1/s1. The number of hydrogen-bond donors (Lipinski definition) is 1. The van der Waals surface area contributed by atoms with Gasteiger partial charge in [0.15, 0.2) is 0 Å². The number of aromatic nitrogens is 3. The fourth-order valence-corrected chi connectivity index (χ4v) is 3.16. The van der Waals surface area contributed by atoms with Crippen molar-refractivity contribution in [2.24, 2.45) is 0 Å². The summed E-state index contributed by atoms with van der Waals surface area (Å²) in [5, 5.41) is 7.19. The summed E-state index contributed by atoms with van der Waals surface area (Å²) in [4.78, 5) is 18.8. The summed E-state index contributed by atoms with van der Waals surface area (Å²) < 4.78 is 0. The number of nitrogens with one attached hydrogen (secondary N) is 1. The monoisotopic (exact) mass is 298 g/mol. The largest absolute Gasteiger partial charge is 0.334 e. The third-order valence-corrected chi connectivity index (χ3v) is 4.37. The Bertz CT molecular complexity index is 623. The van der Waals surface area contributed by atoms with E-state index in [1.807, 2.05) is 36.4 Å². The van der Waals surface area contributed by atoms with Crippen molar-refractivity contribution < 1.29 is 4.79 Å². The number of aryl methyl sites for hydroxylation is 2. The van der Waals surface area contributed by atoms with Crippen LogP contribution in [0.25, 0.3) is 0 Å². The van der Waals surface area contributed by atoms with E-state index in [0.29, 0.717) is 6.42 Å². The maximum absolute atomic E-state index is 12.7. The minimum Gasteiger partial charge on any atom is -0.334 e. The molecule has 2 aromatic heterocycles. The molecule has 22 heavy (non-hydrogen) atoms. The van der Waals surface area contributed by atoms with Crippen molar-refractivity contribution in [3.63, 3.8) is 0 Å². The van der Waals surface area contributed by atoms with Crippen molar-refractivity contribution in [3.8, 4) is 0 Å². The maximum atomic E-state index is 12.7. The fraction of sp³-hybridized carbons (Fsp3) is 0.471. The number of piperidine rings is 1. The Morgan fingerprint density at radius 1 is 1.41 bits per heavy atom. The van der Waals surface area contributed by atoms with E-state index >= 15 is 0 Å². The van der Waals surface area contributed by atoms with Crippen molar-refractivity contribution >= 4 is 5.91 Å². The summed E-state index contributed by atoms with van der Waals surface area (Å²) in [6.07, 6.45) is 9.97. The number of amides is 1. The third kappa shape index (κ3) is 3.18. The molecule has 3 rings (SSSR count). The highest BCUT2D eigenvalue weighted by molar-refractivity contribution is 5.77. The number of aromatic amines is 1. The molecule has 116 valence electrons. The fourth-order valence-electron chi connectivity index (χ4n) is 3.16. The van der Waals surface area contributed by atoms with Gasteiger partial charge in [0.05, 0.1) is 17.9 Å². The van der Waals surface area contributed by atoms with Crippen molar-refractivity contribution in [2.45, 2.75) is 45.1 Å². The quantitative estimate of drug-likeness (QED) is 0.944. The minimum absolute atomic E-state index is 0.151. The molecule has 1 amide bonds. The molecule has 1 aliphatic rings. The van der Waals surface area contributed by atoms with Gasteiger partial charge in [-0.2, -0.15) is 5.10 Å². The average Bonchev–Trinajstić information content (AvgIpc) is 2.99. The molecule has 1 N–H and O–H groups in total. The number of likely N-dealkylation sites (tertiary alicyclic amines) is 1. The van der Waals surface area contributed by atoms with E-state index in [4.69, 9.17) is 0 Å². The second kappa shape index (κ2) is 6.73. The summed E-state index contributed by atoms with van der Waals surface area (Å²) >= 11 is 0. The van der Waals surface area contributed by atoms with Crippen LogP contribution in [0.2, 0.25) is 0 Å². The molecule has 0 spiro atoms. The van der Waals surface area contributed by atoms with Gasteiger partial charge in [-0.1, -0.05) is 6.07 Å². The summed E-state index contributed by atoms with van der Waals surface area (Å²) in [5.41, 5.74) is 3.34. The molecular weight excluding hydrogens is 276 g/mol. The first kappa shape index (κ1) is 14.8. The van der Waals surface area contributed by atoms with Crippen LogP contribution in [0, 0.1) is 6.92 Å². The Labute approximate surface area is 130 Å². The third-order valence-electron chi connectivity index (χ3n) is 4.37. The van der Waals surface area contributed by atoms with Crippen LogP contribution in [0.4, 0.5) is 0 Å². The highest BCUT2D eigenvalue weighted by Gasteiger charge is 2.29. The summed E-state index contributed by atoms with van der Waals surface area (Å²) in [6, 6.07) is 4.09. The van der Waals surface area contributed by atoms with Gasteiger partial charge >= 0.3 is 0 Å². The zero-order chi connectivity index (χ0) is 15.4. The Balaban J connectivity index is 1.68. The van der Waals surface area contributed by atoms with Crippen LogP contribution in [0.15, 0.2) is 30.7 Å². The van der Waals surface area contributed by atoms with E-state index < -0.39 is 0 Å². The highest BCUT2D eigenvalue weighted by Crippen LogP contribution is 2.31. The van der Waals surface area contributed by atoms with Crippen molar-refractivity contribution in [1.82, 2.24) is 20.1 Å². The lowest BCUT2D eigenvalue weighted by Crippen LogP contribution is -2.39. The molecule has 3 heterocycles. The van der Waals surface area contributed by atoms with Gasteiger partial charge in [0.2, 0.25) is 5.91 Å². The predicted octanol–water partition coefficient (Wildman–Crippen LogP) is 2.80. The lowest BCUT2D eigenvalue weighted by atomic mass is 9.96. The normalized spacial score (nSPS) is 18.4. The van der Waals surface area contributed by atoms with Gasteiger partial charge in [-0.05, 0) is 49.8 Å². The van der Waals surface area contributed by atoms with Crippen LogP contribution in [-0.4, -0.2) is 32.5 Å². The van der Waals surface area contributed by atoms with Gasteiger partial charge in [0, 0.05) is 25.4 Å². The van der Waals surface area contributed by atoms with Gasteiger partial charge in [-0.3, -0.25) is 14.9 Å². The zero-order valence-electron chi connectivity index (χ0n) is 13.0. The molecule has 0 bridgehead atoms. The maximum Gasteiger partial charge on any atom is 0.223 e. The summed E-state index contributed by atoms with van der Waals surface area (Å²) in [7, 11) is 0. The van der Waals surface area contributed by atoms with E-state index in [2.05, 4.69) is 15.2 Å².